The summed E-state index contributed by atoms with van der Waals surface area (Å²) in [5.74, 6) is 2.13. The van der Waals surface area contributed by atoms with Crippen LogP contribution in [-0.4, -0.2) is 54.2 Å². The minimum atomic E-state index is 0.118. The van der Waals surface area contributed by atoms with Crippen molar-refractivity contribution in [2.24, 2.45) is 11.8 Å². The summed E-state index contributed by atoms with van der Waals surface area (Å²) in [4.78, 5) is 21.9. The molecule has 5 nitrogen and oxygen atoms in total. The van der Waals surface area contributed by atoms with Crippen LogP contribution in [0.1, 0.15) is 39.0 Å². The lowest BCUT2D eigenvalue weighted by atomic mass is 9.87. The van der Waals surface area contributed by atoms with Crippen molar-refractivity contribution in [1.29, 1.82) is 0 Å². The first-order valence-corrected chi connectivity index (χ1v) is 9.84. The molecule has 3 aliphatic heterocycles. The van der Waals surface area contributed by atoms with Gasteiger partial charge in [0.2, 0.25) is 5.91 Å². The van der Waals surface area contributed by atoms with E-state index in [0.29, 0.717) is 17.9 Å². The third-order valence-corrected chi connectivity index (χ3v) is 6.18. The number of rotatable bonds is 5. The molecule has 136 valence electrons. The maximum Gasteiger partial charge on any atom is 0.228 e. The minimum absolute atomic E-state index is 0.118. The van der Waals surface area contributed by atoms with Gasteiger partial charge in [-0.15, -0.1) is 0 Å². The lowest BCUT2D eigenvalue weighted by molar-refractivity contribution is -0.137. The predicted octanol–water partition coefficient (Wildman–Crippen LogP) is 2.71. The molecule has 2 bridgehead atoms. The van der Waals surface area contributed by atoms with Crippen LogP contribution in [0.4, 0.5) is 5.82 Å². The molecule has 4 heterocycles. The van der Waals surface area contributed by atoms with Crippen molar-refractivity contribution in [2.45, 2.75) is 51.2 Å². The van der Waals surface area contributed by atoms with Crippen LogP contribution in [0.2, 0.25) is 0 Å². The van der Waals surface area contributed by atoms with Crippen molar-refractivity contribution in [3.63, 3.8) is 0 Å². The van der Waals surface area contributed by atoms with Gasteiger partial charge in [0, 0.05) is 32.4 Å². The van der Waals surface area contributed by atoms with E-state index < -0.39 is 0 Å². The molecule has 1 aromatic heterocycles. The number of amides is 1. The zero-order valence-corrected chi connectivity index (χ0v) is 15.1. The summed E-state index contributed by atoms with van der Waals surface area (Å²) in [5.41, 5.74) is 0. The fourth-order valence-corrected chi connectivity index (χ4v) is 4.70. The normalized spacial score (nSPS) is 29.2. The third-order valence-electron chi connectivity index (χ3n) is 6.18. The van der Waals surface area contributed by atoms with Crippen molar-refractivity contribution in [3.8, 4) is 0 Å². The van der Waals surface area contributed by atoms with Crippen molar-refractivity contribution in [2.75, 3.05) is 31.1 Å². The summed E-state index contributed by atoms with van der Waals surface area (Å²) in [6.07, 6.45) is 7.82. The number of ether oxygens (including phenoxy) is 1. The molecule has 3 aliphatic rings. The quantitative estimate of drug-likeness (QED) is 0.825. The van der Waals surface area contributed by atoms with E-state index in [1.165, 1.54) is 0 Å². The number of hydrogen-bond donors (Lipinski definition) is 0. The van der Waals surface area contributed by atoms with E-state index in [0.717, 1.165) is 64.1 Å². The molecule has 0 saturated carbocycles. The van der Waals surface area contributed by atoms with Gasteiger partial charge in [-0.05, 0) is 57.1 Å². The van der Waals surface area contributed by atoms with Crippen LogP contribution in [-0.2, 0) is 9.53 Å². The molecular formula is C20H29N3O2. The van der Waals surface area contributed by atoms with Gasteiger partial charge < -0.3 is 14.5 Å². The number of anilines is 1. The van der Waals surface area contributed by atoms with E-state index in [1.807, 2.05) is 18.3 Å². The standard InChI is InChI=1S/C20H29N3O2/c1-2-22(20(24)17-13-16-6-7-18(17)25-16)14-15-8-11-23(12-9-15)19-5-3-4-10-21-19/h3-5,10,15-18H,2,6-9,11-14H2,1H3/t16-,17+,18-/m1/s1. The number of hydrogen-bond acceptors (Lipinski definition) is 4. The topological polar surface area (TPSA) is 45.7 Å². The van der Waals surface area contributed by atoms with E-state index >= 15 is 0 Å². The molecule has 3 saturated heterocycles. The molecule has 1 aromatic rings. The van der Waals surface area contributed by atoms with Gasteiger partial charge in [-0.3, -0.25) is 4.79 Å². The minimum Gasteiger partial charge on any atom is -0.374 e. The Labute approximate surface area is 150 Å². The van der Waals surface area contributed by atoms with E-state index in [2.05, 4.69) is 27.8 Å². The lowest BCUT2D eigenvalue weighted by Gasteiger charge is -2.36. The molecule has 0 spiro atoms. The molecule has 0 aliphatic carbocycles. The Morgan fingerprint density at radius 1 is 1.28 bits per heavy atom. The fourth-order valence-electron chi connectivity index (χ4n) is 4.70. The smallest absolute Gasteiger partial charge is 0.228 e. The van der Waals surface area contributed by atoms with Gasteiger partial charge in [-0.2, -0.15) is 0 Å². The summed E-state index contributed by atoms with van der Waals surface area (Å²) in [5, 5.41) is 0. The number of carbonyl (C=O) groups is 1. The second-order valence-corrected chi connectivity index (χ2v) is 7.71. The molecule has 5 heteroatoms. The van der Waals surface area contributed by atoms with E-state index in [4.69, 9.17) is 4.74 Å². The van der Waals surface area contributed by atoms with Crippen molar-refractivity contribution in [1.82, 2.24) is 9.88 Å². The SMILES string of the molecule is CCN(CC1CCN(c2ccccn2)CC1)C(=O)[C@H]1C[C@H]2CC[C@H]1O2. The van der Waals surface area contributed by atoms with Gasteiger partial charge in [0.25, 0.3) is 0 Å². The maximum atomic E-state index is 13.0. The van der Waals surface area contributed by atoms with Crippen LogP contribution in [0.15, 0.2) is 24.4 Å². The average molecular weight is 343 g/mol. The fraction of sp³-hybridized carbons (Fsp3) is 0.700. The van der Waals surface area contributed by atoms with Gasteiger partial charge in [0.15, 0.2) is 0 Å². The van der Waals surface area contributed by atoms with E-state index in [-0.39, 0.29) is 12.0 Å². The summed E-state index contributed by atoms with van der Waals surface area (Å²) in [6.45, 7) is 5.89. The second kappa shape index (κ2) is 7.32. The Hall–Kier alpha value is -1.62. The van der Waals surface area contributed by atoms with Crippen LogP contribution in [0, 0.1) is 11.8 Å². The summed E-state index contributed by atoms with van der Waals surface area (Å²) in [7, 11) is 0. The number of fused-ring (bicyclic) bond motifs is 2. The highest BCUT2D eigenvalue weighted by Crippen LogP contribution is 2.39. The highest BCUT2D eigenvalue weighted by atomic mass is 16.5. The Balaban J connectivity index is 1.30. The highest BCUT2D eigenvalue weighted by molar-refractivity contribution is 5.80. The molecule has 3 atom stereocenters. The van der Waals surface area contributed by atoms with Gasteiger partial charge >= 0.3 is 0 Å². The van der Waals surface area contributed by atoms with Crippen LogP contribution in [0.25, 0.3) is 0 Å². The van der Waals surface area contributed by atoms with E-state index in [1.54, 1.807) is 0 Å². The molecule has 0 N–H and O–H groups in total. The lowest BCUT2D eigenvalue weighted by Crippen LogP contribution is -2.44. The largest absolute Gasteiger partial charge is 0.374 e. The van der Waals surface area contributed by atoms with E-state index in [9.17, 15) is 4.79 Å². The molecule has 25 heavy (non-hydrogen) atoms. The zero-order valence-electron chi connectivity index (χ0n) is 15.1. The Morgan fingerprint density at radius 3 is 2.72 bits per heavy atom. The van der Waals surface area contributed by atoms with Crippen molar-refractivity contribution in [3.05, 3.63) is 24.4 Å². The van der Waals surface area contributed by atoms with Crippen molar-refractivity contribution < 1.29 is 9.53 Å². The first-order valence-electron chi connectivity index (χ1n) is 9.84. The second-order valence-electron chi connectivity index (χ2n) is 7.71. The average Bonchev–Trinajstić information content (AvgIpc) is 3.30. The number of nitrogens with zero attached hydrogens (tertiary/aromatic N) is 3. The molecule has 0 radical (unpaired) electrons. The number of pyridine rings is 1. The third kappa shape index (κ3) is 3.52. The Morgan fingerprint density at radius 2 is 2.12 bits per heavy atom. The number of piperidine rings is 1. The Bertz CT molecular complexity index is 586. The predicted molar refractivity (Wildman–Crippen MR) is 97.4 cm³/mol. The summed E-state index contributed by atoms with van der Waals surface area (Å²) >= 11 is 0. The maximum absolute atomic E-state index is 13.0. The van der Waals surface area contributed by atoms with Crippen LogP contribution >= 0.6 is 0 Å². The molecule has 1 amide bonds. The molecular weight excluding hydrogens is 314 g/mol. The van der Waals surface area contributed by atoms with Gasteiger partial charge in [-0.1, -0.05) is 6.07 Å². The first-order chi connectivity index (χ1) is 12.2. The number of carbonyl (C=O) groups excluding carboxylic acids is 1. The van der Waals surface area contributed by atoms with Crippen molar-refractivity contribution >= 4 is 11.7 Å². The van der Waals surface area contributed by atoms with Crippen LogP contribution in [0.5, 0.6) is 0 Å². The van der Waals surface area contributed by atoms with Gasteiger partial charge in [0.1, 0.15) is 5.82 Å². The summed E-state index contributed by atoms with van der Waals surface area (Å²) in [6, 6.07) is 6.08. The van der Waals surface area contributed by atoms with Crippen LogP contribution in [0.3, 0.4) is 0 Å². The Kier molecular flexibility index (Phi) is 4.93. The van der Waals surface area contributed by atoms with Gasteiger partial charge in [-0.25, -0.2) is 4.98 Å². The monoisotopic (exact) mass is 343 g/mol. The highest BCUT2D eigenvalue weighted by Gasteiger charge is 2.45. The summed E-state index contributed by atoms with van der Waals surface area (Å²) < 4.78 is 5.89. The molecule has 0 aromatic carbocycles. The molecule has 3 fully saturated rings. The molecule has 4 rings (SSSR count). The zero-order chi connectivity index (χ0) is 17.2. The number of aromatic nitrogens is 1. The first kappa shape index (κ1) is 16.8. The molecule has 0 unspecified atom stereocenters. The van der Waals surface area contributed by atoms with Crippen LogP contribution < -0.4 is 4.90 Å². The van der Waals surface area contributed by atoms with Gasteiger partial charge in [0.05, 0.1) is 18.1 Å².